The number of nitrogens with zero attached hydrogens (tertiary/aromatic N) is 5. The van der Waals surface area contributed by atoms with Crippen molar-refractivity contribution in [2.75, 3.05) is 14.1 Å². The molecule has 1 aliphatic rings. The molecule has 0 bridgehead atoms. The number of thiazole rings is 1. The zero-order valence-corrected chi connectivity index (χ0v) is 19.1. The van der Waals surface area contributed by atoms with Crippen molar-refractivity contribution in [1.29, 1.82) is 0 Å². The fourth-order valence-corrected chi connectivity index (χ4v) is 4.40. The van der Waals surface area contributed by atoms with Crippen molar-refractivity contribution < 1.29 is 4.42 Å². The molecule has 0 amide bonds. The lowest BCUT2D eigenvalue weighted by molar-refractivity contribution is 0.473. The Balaban J connectivity index is 0.00000225. The topological polar surface area (TPSA) is 95.2 Å². The normalized spacial score (nSPS) is 13.7. The Hall–Kier alpha value is -1.95. The van der Waals surface area contributed by atoms with Gasteiger partial charge in [0.1, 0.15) is 10.8 Å². The molecule has 0 spiro atoms. The summed E-state index contributed by atoms with van der Waals surface area (Å²) in [4.78, 5) is 17.2. The third kappa shape index (κ3) is 4.72. The van der Waals surface area contributed by atoms with E-state index in [9.17, 15) is 0 Å². The molecule has 0 aliphatic heterocycles. The highest BCUT2D eigenvalue weighted by Crippen LogP contribution is 2.27. The molecule has 10 heteroatoms. The van der Waals surface area contributed by atoms with E-state index in [0.29, 0.717) is 18.1 Å². The number of guanidine groups is 1. The molecule has 1 aliphatic carbocycles. The number of rotatable bonds is 5. The van der Waals surface area contributed by atoms with Gasteiger partial charge in [-0.05, 0) is 37.8 Å². The Morgan fingerprint density at radius 1 is 1.36 bits per heavy atom. The summed E-state index contributed by atoms with van der Waals surface area (Å²) in [7, 11) is 3.80. The van der Waals surface area contributed by atoms with E-state index in [4.69, 9.17) is 9.40 Å². The van der Waals surface area contributed by atoms with Crippen molar-refractivity contribution in [1.82, 2.24) is 30.4 Å². The SMILES string of the molecule is CN=C(NCc1nc(-c2ccco2)n[nH]1)N(C)Cc1nc2c(s1)CCCC2.I. The number of aryl methyl sites for hydroxylation is 2. The number of hydrogen-bond donors (Lipinski definition) is 2. The zero-order chi connectivity index (χ0) is 18.6. The van der Waals surface area contributed by atoms with Gasteiger partial charge in [0.2, 0.25) is 5.82 Å². The smallest absolute Gasteiger partial charge is 0.216 e. The quantitative estimate of drug-likeness (QED) is 0.309. The van der Waals surface area contributed by atoms with E-state index in [-0.39, 0.29) is 24.0 Å². The molecule has 0 saturated heterocycles. The molecule has 28 heavy (non-hydrogen) atoms. The predicted molar refractivity (Wildman–Crippen MR) is 120 cm³/mol. The van der Waals surface area contributed by atoms with Gasteiger partial charge in [0.15, 0.2) is 11.7 Å². The summed E-state index contributed by atoms with van der Waals surface area (Å²) >= 11 is 1.83. The van der Waals surface area contributed by atoms with Crippen molar-refractivity contribution >= 4 is 41.3 Å². The summed E-state index contributed by atoms with van der Waals surface area (Å²) in [5.41, 5.74) is 1.30. The maximum Gasteiger partial charge on any atom is 0.216 e. The molecule has 0 radical (unpaired) electrons. The maximum atomic E-state index is 5.32. The van der Waals surface area contributed by atoms with E-state index < -0.39 is 0 Å². The minimum atomic E-state index is 0. The van der Waals surface area contributed by atoms with Gasteiger partial charge in [-0.3, -0.25) is 10.1 Å². The minimum absolute atomic E-state index is 0. The van der Waals surface area contributed by atoms with Crippen LogP contribution in [0.1, 0.15) is 34.2 Å². The monoisotopic (exact) mass is 513 g/mol. The molecular formula is C18H24IN7OS. The van der Waals surface area contributed by atoms with Crippen molar-refractivity contribution in [2.24, 2.45) is 4.99 Å². The van der Waals surface area contributed by atoms with Crippen LogP contribution in [0, 0.1) is 0 Å². The molecule has 3 aromatic rings. The predicted octanol–water partition coefficient (Wildman–Crippen LogP) is 3.23. The fraction of sp³-hybridized carbons (Fsp3) is 0.444. The molecule has 3 aromatic heterocycles. The molecule has 0 unspecified atom stereocenters. The van der Waals surface area contributed by atoms with Gasteiger partial charge in [-0.15, -0.1) is 40.4 Å². The maximum absolute atomic E-state index is 5.32. The van der Waals surface area contributed by atoms with Crippen LogP contribution in [0.2, 0.25) is 0 Å². The Bertz CT molecular complexity index is 895. The van der Waals surface area contributed by atoms with Gasteiger partial charge in [0.05, 0.1) is 25.0 Å². The summed E-state index contributed by atoms with van der Waals surface area (Å²) in [6.45, 7) is 1.24. The zero-order valence-electron chi connectivity index (χ0n) is 15.9. The number of nitrogens with one attached hydrogen (secondary N) is 2. The minimum Gasteiger partial charge on any atom is -0.461 e. The average molecular weight is 513 g/mol. The van der Waals surface area contributed by atoms with Crippen molar-refractivity contribution in [3.63, 3.8) is 0 Å². The average Bonchev–Trinajstić information content (AvgIpc) is 3.41. The summed E-state index contributed by atoms with van der Waals surface area (Å²) in [5.74, 6) is 2.71. The van der Waals surface area contributed by atoms with E-state index in [1.54, 1.807) is 13.3 Å². The third-order valence-corrected chi connectivity index (χ3v) is 5.67. The van der Waals surface area contributed by atoms with Gasteiger partial charge >= 0.3 is 0 Å². The van der Waals surface area contributed by atoms with Gasteiger partial charge < -0.3 is 14.6 Å². The standard InChI is InChI=1S/C18H23N7OS.HI/c1-19-18(20-10-15-22-17(24-23-15)13-7-5-9-26-13)25(2)11-16-21-12-6-3-4-8-14(12)27-16;/h5,7,9H,3-4,6,8,10-11H2,1-2H3,(H,19,20)(H,22,23,24);1H. The van der Waals surface area contributed by atoms with E-state index >= 15 is 0 Å². The van der Waals surface area contributed by atoms with Crippen LogP contribution in [0.5, 0.6) is 0 Å². The first kappa shape index (κ1) is 20.8. The van der Waals surface area contributed by atoms with Gasteiger partial charge in [-0.25, -0.2) is 9.97 Å². The number of H-pyrrole nitrogens is 1. The van der Waals surface area contributed by atoms with E-state index in [2.05, 4.69) is 30.4 Å². The Morgan fingerprint density at radius 3 is 2.96 bits per heavy atom. The second-order valence-electron chi connectivity index (χ2n) is 6.52. The van der Waals surface area contributed by atoms with Crippen molar-refractivity contribution in [3.8, 4) is 11.6 Å². The number of furan rings is 1. The number of aromatic amines is 1. The highest BCUT2D eigenvalue weighted by Gasteiger charge is 2.17. The van der Waals surface area contributed by atoms with Crippen LogP contribution < -0.4 is 5.32 Å². The second kappa shape index (κ2) is 9.50. The molecule has 0 saturated carbocycles. The van der Waals surface area contributed by atoms with Crippen LogP contribution in [-0.2, 0) is 25.9 Å². The molecule has 2 N–H and O–H groups in total. The molecule has 4 rings (SSSR count). The number of fused-ring (bicyclic) bond motifs is 1. The van der Waals surface area contributed by atoms with E-state index in [0.717, 1.165) is 29.8 Å². The van der Waals surface area contributed by atoms with Gasteiger partial charge in [-0.2, -0.15) is 0 Å². The van der Waals surface area contributed by atoms with Crippen LogP contribution >= 0.6 is 35.3 Å². The fourth-order valence-electron chi connectivity index (χ4n) is 3.19. The van der Waals surface area contributed by atoms with Crippen LogP contribution in [0.4, 0.5) is 0 Å². The molecule has 3 heterocycles. The number of halogens is 1. The van der Waals surface area contributed by atoms with Crippen LogP contribution in [0.15, 0.2) is 27.8 Å². The Kier molecular flexibility index (Phi) is 7.05. The third-order valence-electron chi connectivity index (χ3n) is 4.52. The lowest BCUT2D eigenvalue weighted by atomic mass is 10.0. The molecular weight excluding hydrogens is 489 g/mol. The first-order valence-corrected chi connectivity index (χ1v) is 9.89. The van der Waals surface area contributed by atoms with Crippen LogP contribution in [0.25, 0.3) is 11.6 Å². The molecule has 0 atom stereocenters. The number of aromatic nitrogens is 4. The Labute approximate surface area is 184 Å². The molecule has 0 aromatic carbocycles. The summed E-state index contributed by atoms with van der Waals surface area (Å²) in [6.07, 6.45) is 6.44. The highest BCUT2D eigenvalue weighted by molar-refractivity contribution is 14.0. The van der Waals surface area contributed by atoms with E-state index in [1.807, 2.05) is 30.5 Å². The lowest BCUT2D eigenvalue weighted by Crippen LogP contribution is -2.38. The van der Waals surface area contributed by atoms with Gasteiger partial charge in [0, 0.05) is 19.0 Å². The molecule has 150 valence electrons. The summed E-state index contributed by atoms with van der Waals surface area (Å²) in [6, 6.07) is 3.65. The van der Waals surface area contributed by atoms with Crippen LogP contribution in [-0.4, -0.2) is 45.1 Å². The van der Waals surface area contributed by atoms with E-state index in [1.165, 1.54) is 29.8 Å². The van der Waals surface area contributed by atoms with Gasteiger partial charge in [-0.1, -0.05) is 0 Å². The largest absolute Gasteiger partial charge is 0.461 e. The highest BCUT2D eigenvalue weighted by atomic mass is 127. The van der Waals surface area contributed by atoms with Crippen molar-refractivity contribution in [2.45, 2.75) is 38.8 Å². The molecule has 8 nitrogen and oxygen atoms in total. The summed E-state index contributed by atoms with van der Waals surface area (Å²) in [5, 5.41) is 11.6. The number of hydrogen-bond acceptors (Lipinski definition) is 6. The molecule has 0 fully saturated rings. The number of aliphatic imine (C=N–C) groups is 1. The second-order valence-corrected chi connectivity index (χ2v) is 7.69. The van der Waals surface area contributed by atoms with Gasteiger partial charge in [0.25, 0.3) is 0 Å². The summed E-state index contributed by atoms with van der Waals surface area (Å²) < 4.78 is 5.32. The first-order chi connectivity index (χ1) is 13.2. The van der Waals surface area contributed by atoms with Crippen LogP contribution in [0.3, 0.4) is 0 Å². The Morgan fingerprint density at radius 2 is 2.21 bits per heavy atom. The van der Waals surface area contributed by atoms with Crippen molar-refractivity contribution in [3.05, 3.63) is 39.8 Å². The lowest BCUT2D eigenvalue weighted by Gasteiger charge is -2.20. The first-order valence-electron chi connectivity index (χ1n) is 9.07.